The van der Waals surface area contributed by atoms with Gasteiger partial charge < -0.3 is 19.7 Å². The lowest BCUT2D eigenvalue weighted by Gasteiger charge is -2.15. The maximum Gasteiger partial charge on any atom is 0.143 e. The highest BCUT2D eigenvalue weighted by Crippen LogP contribution is 2.28. The molecule has 0 aliphatic carbocycles. The number of halogens is 1. The van der Waals surface area contributed by atoms with Gasteiger partial charge in [0.25, 0.3) is 0 Å². The molecule has 1 atom stereocenters. The van der Waals surface area contributed by atoms with Crippen molar-refractivity contribution < 1.29 is 19.7 Å². The predicted molar refractivity (Wildman–Crippen MR) is 65.4 cm³/mol. The van der Waals surface area contributed by atoms with Crippen molar-refractivity contribution in [1.29, 1.82) is 0 Å². The fourth-order valence-corrected chi connectivity index (χ4v) is 1.57. The Kier molecular flexibility index (Phi) is 6.29. The van der Waals surface area contributed by atoms with E-state index >= 15 is 0 Å². The Labute approximate surface area is 106 Å². The third kappa shape index (κ3) is 4.52. The molecule has 0 bridgehead atoms. The topological polar surface area (TPSA) is 58.9 Å². The highest BCUT2D eigenvalue weighted by atomic mass is 35.5. The van der Waals surface area contributed by atoms with Crippen LogP contribution in [0, 0.1) is 0 Å². The molecule has 0 saturated heterocycles. The first-order chi connectivity index (χ1) is 8.19. The molecule has 17 heavy (non-hydrogen) atoms. The third-order valence-corrected chi connectivity index (χ3v) is 2.45. The Morgan fingerprint density at radius 2 is 2.12 bits per heavy atom. The van der Waals surface area contributed by atoms with Crippen LogP contribution in [-0.4, -0.2) is 36.1 Å². The number of ether oxygens (including phenoxy) is 2. The monoisotopic (exact) mass is 260 g/mol. The molecule has 0 saturated carbocycles. The van der Waals surface area contributed by atoms with Gasteiger partial charge in [0.05, 0.1) is 18.2 Å². The first-order valence-electron chi connectivity index (χ1n) is 5.45. The number of benzene rings is 1. The molecule has 1 aromatic carbocycles. The van der Waals surface area contributed by atoms with E-state index in [0.29, 0.717) is 22.9 Å². The first kappa shape index (κ1) is 14.3. The maximum atomic E-state index is 9.54. The predicted octanol–water partition coefficient (Wildman–Crippen LogP) is 1.61. The second-order valence-corrected chi connectivity index (χ2v) is 3.92. The summed E-state index contributed by atoms with van der Waals surface area (Å²) in [6.45, 7) is 2.54. The number of aliphatic hydroxyl groups is 2. The van der Waals surface area contributed by atoms with Crippen molar-refractivity contribution in [2.75, 3.05) is 19.8 Å². The minimum absolute atomic E-state index is 0.0801. The average molecular weight is 261 g/mol. The molecule has 1 aromatic rings. The van der Waals surface area contributed by atoms with E-state index in [9.17, 15) is 5.11 Å². The van der Waals surface area contributed by atoms with E-state index in [-0.39, 0.29) is 19.8 Å². The summed E-state index contributed by atoms with van der Waals surface area (Å²) in [4.78, 5) is 0. The molecule has 1 unspecified atom stereocenters. The second-order valence-electron chi connectivity index (χ2n) is 3.51. The van der Waals surface area contributed by atoms with Crippen LogP contribution >= 0.6 is 11.6 Å². The molecule has 0 heterocycles. The summed E-state index contributed by atoms with van der Waals surface area (Å²) in [7, 11) is 0. The summed E-state index contributed by atoms with van der Waals surface area (Å²) in [6, 6.07) is 5.12. The molecule has 96 valence electrons. The highest BCUT2D eigenvalue weighted by Gasteiger charge is 2.10. The van der Waals surface area contributed by atoms with Gasteiger partial charge in [-0.2, -0.15) is 0 Å². The van der Waals surface area contributed by atoms with Crippen LogP contribution in [0.25, 0.3) is 0 Å². The lowest BCUT2D eigenvalue weighted by atomic mass is 10.2. The van der Waals surface area contributed by atoms with Crippen molar-refractivity contribution in [2.24, 2.45) is 0 Å². The van der Waals surface area contributed by atoms with E-state index in [1.54, 1.807) is 18.2 Å². The minimum Gasteiger partial charge on any atom is -0.489 e. The quantitative estimate of drug-likeness (QED) is 0.782. The normalized spacial score (nSPS) is 12.5. The zero-order chi connectivity index (χ0) is 12.7. The van der Waals surface area contributed by atoms with Gasteiger partial charge in [-0.05, 0) is 13.0 Å². The van der Waals surface area contributed by atoms with E-state index in [1.807, 2.05) is 6.92 Å². The zero-order valence-electron chi connectivity index (χ0n) is 9.73. The number of hydrogen-bond donors (Lipinski definition) is 2. The fraction of sp³-hybridized carbons (Fsp3) is 0.500. The van der Waals surface area contributed by atoms with Crippen molar-refractivity contribution in [1.82, 2.24) is 0 Å². The van der Waals surface area contributed by atoms with Gasteiger partial charge in [-0.1, -0.05) is 23.7 Å². The SMILES string of the molecule is CCOCC(O)COc1c(Cl)cccc1CO. The fourth-order valence-electron chi connectivity index (χ4n) is 1.32. The van der Waals surface area contributed by atoms with Gasteiger partial charge in [-0.25, -0.2) is 0 Å². The van der Waals surface area contributed by atoms with Crippen LogP contribution in [-0.2, 0) is 11.3 Å². The van der Waals surface area contributed by atoms with Crippen LogP contribution in [0.2, 0.25) is 5.02 Å². The Morgan fingerprint density at radius 1 is 1.35 bits per heavy atom. The van der Waals surface area contributed by atoms with Crippen molar-refractivity contribution >= 4 is 11.6 Å². The lowest BCUT2D eigenvalue weighted by Crippen LogP contribution is -2.23. The smallest absolute Gasteiger partial charge is 0.143 e. The van der Waals surface area contributed by atoms with Gasteiger partial charge in [-0.3, -0.25) is 0 Å². The van der Waals surface area contributed by atoms with E-state index in [1.165, 1.54) is 0 Å². The number of rotatable bonds is 7. The van der Waals surface area contributed by atoms with E-state index in [4.69, 9.17) is 26.2 Å². The van der Waals surface area contributed by atoms with Crippen LogP contribution < -0.4 is 4.74 Å². The Hall–Kier alpha value is -0.810. The van der Waals surface area contributed by atoms with Crippen molar-refractivity contribution in [2.45, 2.75) is 19.6 Å². The molecule has 0 amide bonds. The Morgan fingerprint density at radius 3 is 2.76 bits per heavy atom. The van der Waals surface area contributed by atoms with Crippen molar-refractivity contribution in [3.8, 4) is 5.75 Å². The van der Waals surface area contributed by atoms with Gasteiger partial charge in [0.1, 0.15) is 18.5 Å². The summed E-state index contributed by atoms with van der Waals surface area (Å²) in [5.74, 6) is 0.409. The highest BCUT2D eigenvalue weighted by molar-refractivity contribution is 6.32. The molecular formula is C12H17ClO4. The largest absolute Gasteiger partial charge is 0.489 e. The van der Waals surface area contributed by atoms with Gasteiger partial charge >= 0.3 is 0 Å². The number of aliphatic hydroxyl groups excluding tert-OH is 2. The lowest BCUT2D eigenvalue weighted by molar-refractivity contribution is 0.0160. The van der Waals surface area contributed by atoms with Gasteiger partial charge in [-0.15, -0.1) is 0 Å². The van der Waals surface area contributed by atoms with Crippen LogP contribution in [0.1, 0.15) is 12.5 Å². The molecular weight excluding hydrogens is 244 g/mol. The standard InChI is InChI=1S/C12H17ClO4/c1-2-16-7-10(15)8-17-12-9(6-14)4-3-5-11(12)13/h3-5,10,14-15H,2,6-8H2,1H3. The molecule has 1 rings (SSSR count). The average Bonchev–Trinajstić information content (AvgIpc) is 2.34. The Bertz CT molecular complexity index is 343. The Balaban J connectivity index is 2.56. The number of para-hydroxylation sites is 1. The summed E-state index contributed by atoms with van der Waals surface area (Å²) in [5.41, 5.74) is 0.598. The first-order valence-corrected chi connectivity index (χ1v) is 5.83. The molecule has 0 aliphatic heterocycles. The second kappa shape index (κ2) is 7.50. The third-order valence-electron chi connectivity index (χ3n) is 2.15. The molecule has 0 aromatic heterocycles. The zero-order valence-corrected chi connectivity index (χ0v) is 10.5. The molecule has 0 spiro atoms. The van der Waals surface area contributed by atoms with Gasteiger partial charge in [0.15, 0.2) is 0 Å². The van der Waals surface area contributed by atoms with Gasteiger partial charge in [0.2, 0.25) is 0 Å². The van der Waals surface area contributed by atoms with Crippen molar-refractivity contribution in [3.63, 3.8) is 0 Å². The van der Waals surface area contributed by atoms with Crippen LogP contribution in [0.5, 0.6) is 5.75 Å². The van der Waals surface area contributed by atoms with E-state index < -0.39 is 6.10 Å². The van der Waals surface area contributed by atoms with Gasteiger partial charge in [0, 0.05) is 12.2 Å². The molecule has 0 fully saturated rings. The maximum absolute atomic E-state index is 9.54. The summed E-state index contributed by atoms with van der Waals surface area (Å²) >= 11 is 5.95. The van der Waals surface area contributed by atoms with Crippen LogP contribution in [0.15, 0.2) is 18.2 Å². The van der Waals surface area contributed by atoms with E-state index in [2.05, 4.69) is 0 Å². The molecule has 2 N–H and O–H groups in total. The summed E-state index contributed by atoms with van der Waals surface area (Å²) < 4.78 is 10.5. The molecule has 4 nitrogen and oxygen atoms in total. The summed E-state index contributed by atoms with van der Waals surface area (Å²) in [5, 5.41) is 19.1. The minimum atomic E-state index is -0.710. The molecule has 0 radical (unpaired) electrons. The van der Waals surface area contributed by atoms with Crippen LogP contribution in [0.4, 0.5) is 0 Å². The number of hydrogen-bond acceptors (Lipinski definition) is 4. The van der Waals surface area contributed by atoms with Crippen LogP contribution in [0.3, 0.4) is 0 Å². The van der Waals surface area contributed by atoms with E-state index in [0.717, 1.165) is 0 Å². The van der Waals surface area contributed by atoms with Crippen molar-refractivity contribution in [3.05, 3.63) is 28.8 Å². The summed E-state index contributed by atoms with van der Waals surface area (Å²) in [6.07, 6.45) is -0.710. The molecule has 0 aliphatic rings. The molecule has 5 heteroatoms.